The molecule has 0 radical (unpaired) electrons. The van der Waals surface area contributed by atoms with E-state index in [0.29, 0.717) is 6.54 Å². The molecule has 0 aliphatic rings. The maximum atomic E-state index is 12.2. The zero-order valence-corrected chi connectivity index (χ0v) is 15.3. The largest absolute Gasteiger partial charge is 0.352 e. The molecule has 2 aromatic rings. The summed E-state index contributed by atoms with van der Waals surface area (Å²) < 4.78 is 0. The van der Waals surface area contributed by atoms with E-state index in [4.69, 9.17) is 0 Å². The lowest BCUT2D eigenvalue weighted by atomic mass is 9.86. The second-order valence-corrected chi connectivity index (χ2v) is 7.22. The molecule has 0 atom stereocenters. The number of amides is 2. The van der Waals surface area contributed by atoms with Crippen molar-refractivity contribution in [3.8, 4) is 0 Å². The Labute approximate surface area is 149 Å². The highest BCUT2D eigenvalue weighted by Gasteiger charge is 2.19. The van der Waals surface area contributed by atoms with Gasteiger partial charge in [0.25, 0.3) is 0 Å². The summed E-state index contributed by atoms with van der Waals surface area (Å²) in [5.74, 6) is -0.590. The summed E-state index contributed by atoms with van der Waals surface area (Å²) >= 11 is 0. The van der Waals surface area contributed by atoms with Crippen LogP contribution in [0.25, 0.3) is 0 Å². The number of aryl methyl sites for hydroxylation is 1. The van der Waals surface area contributed by atoms with Crippen molar-refractivity contribution in [3.63, 3.8) is 0 Å². The van der Waals surface area contributed by atoms with Gasteiger partial charge in [-0.1, -0.05) is 63.2 Å². The lowest BCUT2D eigenvalue weighted by molar-refractivity contribution is -0.126. The topological polar surface area (TPSA) is 58.2 Å². The van der Waals surface area contributed by atoms with Crippen LogP contribution < -0.4 is 10.6 Å². The minimum absolute atomic E-state index is 0.0863. The summed E-state index contributed by atoms with van der Waals surface area (Å²) in [6.45, 7) is 8.70. The molecule has 0 spiro atoms. The minimum atomic E-state index is -0.306. The number of nitrogens with one attached hydrogen (secondary N) is 2. The maximum Gasteiger partial charge on any atom is 0.233 e. The van der Waals surface area contributed by atoms with Gasteiger partial charge in [0.15, 0.2) is 0 Å². The molecule has 0 heterocycles. The van der Waals surface area contributed by atoms with Gasteiger partial charge in [0.05, 0.1) is 0 Å². The van der Waals surface area contributed by atoms with Crippen molar-refractivity contribution in [3.05, 3.63) is 65.2 Å². The molecule has 4 nitrogen and oxygen atoms in total. The van der Waals surface area contributed by atoms with Crippen LogP contribution in [0.3, 0.4) is 0 Å². The van der Waals surface area contributed by atoms with Gasteiger partial charge in [0.2, 0.25) is 11.8 Å². The monoisotopic (exact) mass is 338 g/mol. The molecule has 0 unspecified atom stereocenters. The highest BCUT2D eigenvalue weighted by molar-refractivity contribution is 6.03. The molecule has 0 saturated heterocycles. The first-order valence-corrected chi connectivity index (χ1v) is 8.48. The number of carbonyl (C=O) groups excluding carboxylic acids is 2. The first kappa shape index (κ1) is 18.7. The average molecular weight is 338 g/mol. The smallest absolute Gasteiger partial charge is 0.233 e. The number of hydrogen-bond donors (Lipinski definition) is 2. The summed E-state index contributed by atoms with van der Waals surface area (Å²) in [6, 6.07) is 15.5. The Morgan fingerprint density at radius 1 is 0.920 bits per heavy atom. The van der Waals surface area contributed by atoms with Crippen molar-refractivity contribution in [1.29, 1.82) is 0 Å². The van der Waals surface area contributed by atoms with Gasteiger partial charge in [-0.05, 0) is 35.1 Å². The van der Waals surface area contributed by atoms with E-state index in [0.717, 1.165) is 22.4 Å². The van der Waals surface area contributed by atoms with E-state index in [1.54, 1.807) is 0 Å². The van der Waals surface area contributed by atoms with E-state index in [1.165, 1.54) is 0 Å². The zero-order chi connectivity index (χ0) is 18.4. The highest BCUT2D eigenvalue weighted by Crippen LogP contribution is 2.29. The molecule has 2 rings (SSSR count). The van der Waals surface area contributed by atoms with E-state index in [9.17, 15) is 9.59 Å². The van der Waals surface area contributed by atoms with Crippen LogP contribution in [0.2, 0.25) is 0 Å². The van der Waals surface area contributed by atoms with Gasteiger partial charge >= 0.3 is 0 Å². The summed E-state index contributed by atoms with van der Waals surface area (Å²) in [6.07, 6.45) is -0.190. The van der Waals surface area contributed by atoms with Gasteiger partial charge in [-0.3, -0.25) is 9.59 Å². The minimum Gasteiger partial charge on any atom is -0.352 e. The van der Waals surface area contributed by atoms with Crippen molar-refractivity contribution in [2.45, 2.75) is 46.1 Å². The van der Waals surface area contributed by atoms with E-state index >= 15 is 0 Å². The van der Waals surface area contributed by atoms with Crippen LogP contribution in [-0.2, 0) is 21.5 Å². The molecule has 0 fully saturated rings. The van der Waals surface area contributed by atoms with Gasteiger partial charge in [-0.25, -0.2) is 0 Å². The number of para-hydroxylation sites is 1. The fourth-order valence-corrected chi connectivity index (χ4v) is 2.65. The fraction of sp³-hybridized carbons (Fsp3) is 0.333. The Hall–Kier alpha value is -2.62. The molecular weight excluding hydrogens is 312 g/mol. The number of hydrogen-bond acceptors (Lipinski definition) is 2. The molecule has 132 valence electrons. The van der Waals surface area contributed by atoms with Crippen molar-refractivity contribution >= 4 is 17.5 Å². The van der Waals surface area contributed by atoms with E-state index in [2.05, 4.69) is 31.4 Å². The van der Waals surface area contributed by atoms with Crippen LogP contribution in [0.4, 0.5) is 5.69 Å². The third-order valence-corrected chi connectivity index (χ3v) is 4.07. The van der Waals surface area contributed by atoms with Crippen LogP contribution in [0.1, 0.15) is 43.9 Å². The molecule has 2 N–H and O–H groups in total. The Morgan fingerprint density at radius 3 is 2.24 bits per heavy atom. The molecule has 4 heteroatoms. The maximum absolute atomic E-state index is 12.2. The Kier molecular flexibility index (Phi) is 5.97. The molecule has 25 heavy (non-hydrogen) atoms. The van der Waals surface area contributed by atoms with Crippen LogP contribution >= 0.6 is 0 Å². The third-order valence-electron chi connectivity index (χ3n) is 4.07. The Bertz CT molecular complexity index is 760. The lowest BCUT2D eigenvalue weighted by Crippen LogP contribution is -2.28. The van der Waals surface area contributed by atoms with Gasteiger partial charge in [-0.15, -0.1) is 0 Å². The summed E-state index contributed by atoms with van der Waals surface area (Å²) in [5.41, 5.74) is 3.88. The quantitative estimate of drug-likeness (QED) is 0.811. The molecule has 0 aliphatic heterocycles. The van der Waals surface area contributed by atoms with Gasteiger partial charge in [0.1, 0.15) is 6.42 Å². The SMILES string of the molecule is Cc1ccccc1CNC(=O)CC(=O)Nc1ccccc1C(C)(C)C. The van der Waals surface area contributed by atoms with Gasteiger partial charge < -0.3 is 10.6 Å². The van der Waals surface area contributed by atoms with E-state index in [1.807, 2.05) is 55.5 Å². The molecule has 0 bridgehead atoms. The lowest BCUT2D eigenvalue weighted by Gasteiger charge is -2.23. The fourth-order valence-electron chi connectivity index (χ4n) is 2.65. The molecule has 0 aliphatic carbocycles. The van der Waals surface area contributed by atoms with Gasteiger partial charge in [0, 0.05) is 12.2 Å². The first-order chi connectivity index (χ1) is 11.8. The Morgan fingerprint density at radius 2 is 1.56 bits per heavy atom. The summed E-state index contributed by atoms with van der Waals surface area (Å²) in [7, 11) is 0. The van der Waals surface area contributed by atoms with Crippen LogP contribution in [0, 0.1) is 6.92 Å². The third kappa shape index (κ3) is 5.45. The molecule has 2 aromatic carbocycles. The number of rotatable bonds is 5. The number of benzene rings is 2. The molecular formula is C21H26N2O2. The zero-order valence-electron chi connectivity index (χ0n) is 15.3. The van der Waals surface area contributed by atoms with Crippen molar-refractivity contribution < 1.29 is 9.59 Å². The van der Waals surface area contributed by atoms with Crippen molar-refractivity contribution in [2.75, 3.05) is 5.32 Å². The normalized spacial score (nSPS) is 11.0. The standard InChI is InChI=1S/C21H26N2O2/c1-15-9-5-6-10-16(15)14-22-19(24)13-20(25)23-18-12-8-7-11-17(18)21(2,3)4/h5-12H,13-14H2,1-4H3,(H,22,24)(H,23,25). The Balaban J connectivity index is 1.92. The van der Waals surface area contributed by atoms with E-state index in [-0.39, 0.29) is 23.7 Å². The predicted molar refractivity (Wildman–Crippen MR) is 101 cm³/mol. The molecule has 0 saturated carbocycles. The van der Waals surface area contributed by atoms with Crippen LogP contribution in [-0.4, -0.2) is 11.8 Å². The van der Waals surface area contributed by atoms with Crippen LogP contribution in [0.5, 0.6) is 0 Å². The number of carbonyl (C=O) groups is 2. The first-order valence-electron chi connectivity index (χ1n) is 8.48. The highest BCUT2D eigenvalue weighted by atomic mass is 16.2. The second-order valence-electron chi connectivity index (χ2n) is 7.22. The van der Waals surface area contributed by atoms with E-state index < -0.39 is 0 Å². The van der Waals surface area contributed by atoms with Gasteiger partial charge in [-0.2, -0.15) is 0 Å². The molecule has 0 aromatic heterocycles. The summed E-state index contributed by atoms with van der Waals surface area (Å²) in [4.78, 5) is 24.2. The van der Waals surface area contributed by atoms with Crippen LogP contribution in [0.15, 0.2) is 48.5 Å². The predicted octanol–water partition coefficient (Wildman–Crippen LogP) is 3.94. The van der Waals surface area contributed by atoms with Crippen molar-refractivity contribution in [1.82, 2.24) is 5.32 Å². The molecule has 2 amide bonds. The number of anilines is 1. The second kappa shape index (κ2) is 7.97. The van der Waals surface area contributed by atoms with Crippen molar-refractivity contribution in [2.24, 2.45) is 0 Å². The average Bonchev–Trinajstić information content (AvgIpc) is 2.53. The summed E-state index contributed by atoms with van der Waals surface area (Å²) in [5, 5.41) is 5.66.